The van der Waals surface area contributed by atoms with Crippen LogP contribution in [-0.2, 0) is 14.8 Å². The standard InChI is InChI=1S/C18H27N3O4S/c1-3-8-19-26(23,24)17-6-4-15(5-7-17)18(22)21-10-14-9-20(2)16(11-21)13-25-12-14/h4-7,14,16,19H,3,8-13H2,1-2H3/t14-,16+/m1/s1. The lowest BCUT2D eigenvalue weighted by atomic mass is 10.1. The molecule has 0 radical (unpaired) electrons. The summed E-state index contributed by atoms with van der Waals surface area (Å²) in [5.74, 6) is 0.247. The predicted molar refractivity (Wildman–Crippen MR) is 98.6 cm³/mol. The minimum atomic E-state index is -3.51. The van der Waals surface area contributed by atoms with Crippen molar-refractivity contribution in [3.8, 4) is 0 Å². The van der Waals surface area contributed by atoms with Gasteiger partial charge < -0.3 is 9.64 Å². The third-order valence-electron chi connectivity index (χ3n) is 4.98. The summed E-state index contributed by atoms with van der Waals surface area (Å²) >= 11 is 0. The van der Waals surface area contributed by atoms with Crippen molar-refractivity contribution in [1.82, 2.24) is 14.5 Å². The van der Waals surface area contributed by atoms with E-state index in [0.29, 0.717) is 44.3 Å². The van der Waals surface area contributed by atoms with E-state index in [1.54, 1.807) is 12.1 Å². The summed E-state index contributed by atoms with van der Waals surface area (Å²) in [7, 11) is -1.44. The van der Waals surface area contributed by atoms with Gasteiger partial charge in [0.25, 0.3) is 5.91 Å². The Morgan fingerprint density at radius 3 is 2.62 bits per heavy atom. The minimum absolute atomic E-state index is 0.0531. The number of benzene rings is 1. The summed E-state index contributed by atoms with van der Waals surface area (Å²) in [5.41, 5.74) is 0.517. The molecule has 8 heteroatoms. The van der Waals surface area contributed by atoms with E-state index in [2.05, 4.69) is 16.7 Å². The Balaban J connectivity index is 1.74. The molecule has 1 amide bonds. The van der Waals surface area contributed by atoms with Crippen LogP contribution in [0.2, 0.25) is 0 Å². The topological polar surface area (TPSA) is 79.0 Å². The third kappa shape index (κ3) is 4.25. The lowest BCUT2D eigenvalue weighted by Gasteiger charge is -2.29. The van der Waals surface area contributed by atoms with Crippen molar-refractivity contribution in [3.05, 3.63) is 29.8 Å². The van der Waals surface area contributed by atoms with Crippen LogP contribution in [0.1, 0.15) is 23.7 Å². The van der Waals surface area contributed by atoms with E-state index in [-0.39, 0.29) is 16.8 Å². The van der Waals surface area contributed by atoms with E-state index in [4.69, 9.17) is 4.74 Å². The van der Waals surface area contributed by atoms with Crippen molar-refractivity contribution in [1.29, 1.82) is 0 Å². The van der Waals surface area contributed by atoms with Gasteiger partial charge in [-0.15, -0.1) is 0 Å². The van der Waals surface area contributed by atoms with Crippen LogP contribution in [0.4, 0.5) is 0 Å². The van der Waals surface area contributed by atoms with Crippen molar-refractivity contribution in [2.24, 2.45) is 5.92 Å². The molecule has 2 heterocycles. The van der Waals surface area contributed by atoms with Gasteiger partial charge in [0.2, 0.25) is 10.0 Å². The highest BCUT2D eigenvalue weighted by Crippen LogP contribution is 2.20. The average Bonchev–Trinajstić information content (AvgIpc) is 2.88. The molecule has 2 saturated heterocycles. The fourth-order valence-electron chi connectivity index (χ4n) is 3.49. The van der Waals surface area contributed by atoms with Crippen LogP contribution in [-0.4, -0.2) is 76.6 Å². The van der Waals surface area contributed by atoms with E-state index in [0.717, 1.165) is 13.0 Å². The maximum absolute atomic E-state index is 12.9. The lowest BCUT2D eigenvalue weighted by molar-refractivity contribution is 0.0433. The number of sulfonamides is 1. The van der Waals surface area contributed by atoms with Gasteiger partial charge in [0.05, 0.1) is 24.2 Å². The molecule has 2 aliphatic rings. The molecule has 2 atom stereocenters. The highest BCUT2D eigenvalue weighted by molar-refractivity contribution is 7.89. The molecule has 0 aromatic heterocycles. The van der Waals surface area contributed by atoms with Gasteiger partial charge in [0.15, 0.2) is 0 Å². The number of hydrogen-bond donors (Lipinski definition) is 1. The average molecular weight is 381 g/mol. The van der Waals surface area contributed by atoms with E-state index < -0.39 is 10.0 Å². The molecule has 0 aliphatic carbocycles. The summed E-state index contributed by atoms with van der Waals surface area (Å²) in [5, 5.41) is 0. The number of nitrogens with one attached hydrogen (secondary N) is 1. The molecule has 3 rings (SSSR count). The Labute approximate surface area is 155 Å². The SMILES string of the molecule is CCCNS(=O)(=O)c1ccc(C(=O)N2C[C@@H]3COC[C@H](C2)N(C)C3)cc1. The van der Waals surface area contributed by atoms with Gasteiger partial charge in [-0.3, -0.25) is 9.69 Å². The summed E-state index contributed by atoms with van der Waals surface area (Å²) in [4.78, 5) is 17.2. The number of carbonyl (C=O) groups is 1. The number of amides is 1. The Kier molecular flexibility index (Phi) is 5.96. The lowest BCUT2D eigenvalue weighted by Crippen LogP contribution is -2.44. The zero-order valence-corrected chi connectivity index (χ0v) is 16.2. The van der Waals surface area contributed by atoms with E-state index >= 15 is 0 Å². The van der Waals surface area contributed by atoms with Gasteiger partial charge in [-0.05, 0) is 37.7 Å². The zero-order chi connectivity index (χ0) is 18.7. The first-order valence-corrected chi connectivity index (χ1v) is 10.6. The number of fused-ring (bicyclic) bond motifs is 3. The maximum atomic E-state index is 12.9. The molecule has 2 aliphatic heterocycles. The predicted octanol–water partition coefficient (Wildman–Crippen LogP) is 0.778. The van der Waals surface area contributed by atoms with Crippen LogP contribution in [0.3, 0.4) is 0 Å². The Hall–Kier alpha value is -1.48. The van der Waals surface area contributed by atoms with Crippen molar-refractivity contribution >= 4 is 15.9 Å². The van der Waals surface area contributed by atoms with Crippen LogP contribution < -0.4 is 4.72 Å². The third-order valence-corrected chi connectivity index (χ3v) is 6.46. The molecule has 144 valence electrons. The molecule has 2 fully saturated rings. The molecule has 2 bridgehead atoms. The molecule has 1 N–H and O–H groups in total. The highest BCUT2D eigenvalue weighted by Gasteiger charge is 2.33. The number of carbonyl (C=O) groups excluding carboxylic acids is 1. The fourth-order valence-corrected chi connectivity index (χ4v) is 4.63. The van der Waals surface area contributed by atoms with Gasteiger partial charge in [0, 0.05) is 37.7 Å². The van der Waals surface area contributed by atoms with Gasteiger partial charge in [-0.1, -0.05) is 6.92 Å². The maximum Gasteiger partial charge on any atom is 0.253 e. The van der Waals surface area contributed by atoms with Crippen LogP contribution in [0, 0.1) is 5.92 Å². The first kappa shape index (κ1) is 19.3. The smallest absolute Gasteiger partial charge is 0.253 e. The number of hydrogen-bond acceptors (Lipinski definition) is 5. The Bertz CT molecular complexity index is 735. The quantitative estimate of drug-likeness (QED) is 0.815. The van der Waals surface area contributed by atoms with Gasteiger partial charge >= 0.3 is 0 Å². The second-order valence-corrected chi connectivity index (χ2v) is 8.90. The van der Waals surface area contributed by atoms with Crippen molar-refractivity contribution in [2.45, 2.75) is 24.3 Å². The van der Waals surface area contributed by atoms with Crippen LogP contribution in [0.25, 0.3) is 0 Å². The van der Waals surface area contributed by atoms with Crippen LogP contribution in [0.5, 0.6) is 0 Å². The zero-order valence-electron chi connectivity index (χ0n) is 15.3. The van der Waals surface area contributed by atoms with E-state index in [9.17, 15) is 13.2 Å². The fraction of sp³-hybridized carbons (Fsp3) is 0.611. The number of rotatable bonds is 5. The Morgan fingerprint density at radius 2 is 1.92 bits per heavy atom. The molecular formula is C18H27N3O4S. The second-order valence-electron chi connectivity index (χ2n) is 7.13. The monoisotopic (exact) mass is 381 g/mol. The first-order valence-electron chi connectivity index (χ1n) is 9.07. The van der Waals surface area contributed by atoms with E-state index in [1.807, 2.05) is 11.8 Å². The number of ether oxygens (including phenoxy) is 1. The Morgan fingerprint density at radius 1 is 1.19 bits per heavy atom. The molecule has 0 spiro atoms. The first-order chi connectivity index (χ1) is 12.4. The summed E-state index contributed by atoms with van der Waals surface area (Å²) < 4.78 is 32.6. The van der Waals surface area contributed by atoms with Gasteiger partial charge in [-0.25, -0.2) is 13.1 Å². The minimum Gasteiger partial charge on any atom is -0.379 e. The molecular weight excluding hydrogens is 354 g/mol. The molecule has 0 unspecified atom stereocenters. The van der Waals surface area contributed by atoms with Crippen molar-refractivity contribution < 1.29 is 17.9 Å². The molecule has 7 nitrogen and oxygen atoms in total. The van der Waals surface area contributed by atoms with Crippen LogP contribution in [0.15, 0.2) is 29.2 Å². The molecule has 1 aromatic rings. The molecule has 26 heavy (non-hydrogen) atoms. The van der Waals surface area contributed by atoms with Crippen molar-refractivity contribution in [3.63, 3.8) is 0 Å². The van der Waals surface area contributed by atoms with Gasteiger partial charge in [-0.2, -0.15) is 0 Å². The largest absolute Gasteiger partial charge is 0.379 e. The highest BCUT2D eigenvalue weighted by atomic mass is 32.2. The summed E-state index contributed by atoms with van der Waals surface area (Å²) in [6, 6.07) is 6.40. The van der Waals surface area contributed by atoms with Crippen molar-refractivity contribution in [2.75, 3.05) is 46.4 Å². The van der Waals surface area contributed by atoms with Gasteiger partial charge in [0.1, 0.15) is 0 Å². The summed E-state index contributed by atoms with van der Waals surface area (Å²) in [6.45, 7) is 5.83. The molecule has 1 aromatic carbocycles. The second kappa shape index (κ2) is 8.04. The van der Waals surface area contributed by atoms with Crippen LogP contribution >= 0.6 is 0 Å². The number of nitrogens with zero attached hydrogens (tertiary/aromatic N) is 2. The normalized spacial score (nSPS) is 24.3. The molecule has 0 saturated carbocycles. The number of likely N-dealkylation sites (N-methyl/N-ethyl adjacent to an activating group) is 1. The summed E-state index contributed by atoms with van der Waals surface area (Å²) in [6.07, 6.45) is 0.727. The van der Waals surface area contributed by atoms with E-state index in [1.165, 1.54) is 12.1 Å².